The topological polar surface area (TPSA) is 64.9 Å². The summed E-state index contributed by atoms with van der Waals surface area (Å²) in [6, 6.07) is 14.5. The highest BCUT2D eigenvalue weighted by atomic mass is 35.5. The predicted molar refractivity (Wildman–Crippen MR) is 84.5 cm³/mol. The Kier molecular flexibility index (Phi) is 4.81. The van der Waals surface area contributed by atoms with Crippen LogP contribution >= 0.6 is 11.6 Å². The second-order valence-corrected chi connectivity index (χ2v) is 5.01. The summed E-state index contributed by atoms with van der Waals surface area (Å²) in [5, 5.41) is 15.2. The zero-order valence-electron chi connectivity index (χ0n) is 11.5. The molecule has 1 amide bonds. The molecule has 0 aliphatic rings. The van der Waals surface area contributed by atoms with Crippen molar-refractivity contribution in [2.24, 2.45) is 0 Å². The fourth-order valence-corrected chi connectivity index (χ4v) is 2.02. The molecule has 0 aromatic heterocycles. The van der Waals surface area contributed by atoms with Crippen LogP contribution in [0, 0.1) is 18.3 Å². The van der Waals surface area contributed by atoms with E-state index in [0.717, 1.165) is 11.3 Å². The van der Waals surface area contributed by atoms with E-state index in [-0.39, 0.29) is 12.5 Å². The molecule has 0 bridgehead atoms. The van der Waals surface area contributed by atoms with Gasteiger partial charge in [-0.2, -0.15) is 5.26 Å². The summed E-state index contributed by atoms with van der Waals surface area (Å²) in [4.78, 5) is 11.9. The largest absolute Gasteiger partial charge is 0.376 e. The molecule has 0 aliphatic heterocycles. The molecule has 0 aliphatic carbocycles. The van der Waals surface area contributed by atoms with E-state index < -0.39 is 0 Å². The maximum atomic E-state index is 11.9. The predicted octanol–water partition coefficient (Wildman–Crippen LogP) is 3.57. The Morgan fingerprint density at radius 2 is 2.10 bits per heavy atom. The molecule has 0 radical (unpaired) electrons. The van der Waals surface area contributed by atoms with Crippen molar-refractivity contribution in [2.75, 3.05) is 17.2 Å². The molecule has 0 saturated carbocycles. The average Bonchev–Trinajstić information content (AvgIpc) is 2.45. The Morgan fingerprint density at radius 3 is 2.81 bits per heavy atom. The Hall–Kier alpha value is -2.51. The normalized spacial score (nSPS) is 9.76. The summed E-state index contributed by atoms with van der Waals surface area (Å²) in [6.07, 6.45) is 0. The number of aryl methyl sites for hydroxylation is 1. The first-order valence-electron chi connectivity index (χ1n) is 6.38. The second-order valence-electron chi connectivity index (χ2n) is 4.57. The first-order valence-corrected chi connectivity index (χ1v) is 6.76. The van der Waals surface area contributed by atoms with Gasteiger partial charge in [0, 0.05) is 10.7 Å². The van der Waals surface area contributed by atoms with Gasteiger partial charge >= 0.3 is 0 Å². The molecule has 0 fully saturated rings. The van der Waals surface area contributed by atoms with Crippen molar-refractivity contribution in [1.82, 2.24) is 0 Å². The van der Waals surface area contributed by atoms with E-state index >= 15 is 0 Å². The minimum atomic E-state index is -0.240. The molecule has 4 nitrogen and oxygen atoms in total. The summed E-state index contributed by atoms with van der Waals surface area (Å²) >= 11 is 5.87. The van der Waals surface area contributed by atoms with Crippen LogP contribution in [0.4, 0.5) is 11.4 Å². The quantitative estimate of drug-likeness (QED) is 0.907. The third kappa shape index (κ3) is 4.23. The van der Waals surface area contributed by atoms with Gasteiger partial charge in [0.05, 0.1) is 17.8 Å². The number of benzene rings is 2. The molecule has 2 aromatic carbocycles. The molecular weight excluding hydrogens is 286 g/mol. The van der Waals surface area contributed by atoms with Gasteiger partial charge in [-0.15, -0.1) is 0 Å². The lowest BCUT2D eigenvalue weighted by atomic mass is 10.2. The van der Waals surface area contributed by atoms with Crippen LogP contribution < -0.4 is 10.6 Å². The molecule has 106 valence electrons. The number of nitrogens with one attached hydrogen (secondary N) is 2. The molecule has 2 rings (SSSR count). The SMILES string of the molecule is Cc1cccc(NCC(=O)Nc2cc(Cl)ccc2C#N)c1. The van der Waals surface area contributed by atoms with Gasteiger partial charge in [0.2, 0.25) is 5.91 Å². The number of nitriles is 1. The molecule has 21 heavy (non-hydrogen) atoms. The highest BCUT2D eigenvalue weighted by Gasteiger charge is 2.07. The van der Waals surface area contributed by atoms with Gasteiger partial charge in [-0.1, -0.05) is 23.7 Å². The Balaban J connectivity index is 1.99. The van der Waals surface area contributed by atoms with Gasteiger partial charge < -0.3 is 10.6 Å². The van der Waals surface area contributed by atoms with Crippen molar-refractivity contribution in [1.29, 1.82) is 5.26 Å². The van der Waals surface area contributed by atoms with E-state index in [2.05, 4.69) is 10.6 Å². The number of hydrogen-bond acceptors (Lipinski definition) is 3. The number of halogens is 1. The summed E-state index contributed by atoms with van der Waals surface area (Å²) < 4.78 is 0. The number of carbonyl (C=O) groups excluding carboxylic acids is 1. The third-order valence-corrected chi connectivity index (χ3v) is 3.08. The zero-order valence-corrected chi connectivity index (χ0v) is 12.2. The summed E-state index contributed by atoms with van der Waals surface area (Å²) in [7, 11) is 0. The molecule has 0 spiro atoms. The van der Waals surface area contributed by atoms with Crippen LogP contribution in [0.15, 0.2) is 42.5 Å². The molecular formula is C16H14ClN3O. The van der Waals surface area contributed by atoms with E-state index in [0.29, 0.717) is 16.3 Å². The monoisotopic (exact) mass is 299 g/mol. The van der Waals surface area contributed by atoms with Gasteiger partial charge in [0.15, 0.2) is 0 Å². The number of amides is 1. The molecule has 0 atom stereocenters. The van der Waals surface area contributed by atoms with Crippen LogP contribution in [-0.4, -0.2) is 12.5 Å². The third-order valence-electron chi connectivity index (χ3n) is 2.85. The van der Waals surface area contributed by atoms with Crippen LogP contribution in [0.5, 0.6) is 0 Å². The molecule has 2 aromatic rings. The van der Waals surface area contributed by atoms with Crippen molar-refractivity contribution in [3.8, 4) is 6.07 Å². The number of carbonyl (C=O) groups is 1. The lowest BCUT2D eigenvalue weighted by Gasteiger charge is -2.09. The van der Waals surface area contributed by atoms with Crippen LogP contribution in [0.1, 0.15) is 11.1 Å². The van der Waals surface area contributed by atoms with Gasteiger partial charge in [-0.25, -0.2) is 0 Å². The molecule has 0 saturated heterocycles. The Morgan fingerprint density at radius 1 is 1.29 bits per heavy atom. The van der Waals surface area contributed by atoms with Gasteiger partial charge in [-0.05, 0) is 42.8 Å². The van der Waals surface area contributed by atoms with Crippen molar-refractivity contribution in [2.45, 2.75) is 6.92 Å². The van der Waals surface area contributed by atoms with Crippen molar-refractivity contribution in [3.63, 3.8) is 0 Å². The maximum Gasteiger partial charge on any atom is 0.243 e. The van der Waals surface area contributed by atoms with E-state index in [4.69, 9.17) is 16.9 Å². The molecule has 5 heteroatoms. The van der Waals surface area contributed by atoms with Crippen LogP contribution in [0.25, 0.3) is 0 Å². The highest BCUT2D eigenvalue weighted by Crippen LogP contribution is 2.20. The van der Waals surface area contributed by atoms with Gasteiger partial charge in [0.25, 0.3) is 0 Å². The van der Waals surface area contributed by atoms with Crippen molar-refractivity contribution in [3.05, 3.63) is 58.6 Å². The highest BCUT2D eigenvalue weighted by molar-refractivity contribution is 6.31. The smallest absolute Gasteiger partial charge is 0.243 e. The molecule has 0 unspecified atom stereocenters. The molecule has 0 heterocycles. The fourth-order valence-electron chi connectivity index (χ4n) is 1.85. The zero-order chi connectivity index (χ0) is 15.2. The number of anilines is 2. The lowest BCUT2D eigenvalue weighted by Crippen LogP contribution is -2.22. The first kappa shape index (κ1) is 14.9. The fraction of sp³-hybridized carbons (Fsp3) is 0.125. The van der Waals surface area contributed by atoms with E-state index in [1.54, 1.807) is 18.2 Å². The van der Waals surface area contributed by atoms with E-state index in [1.807, 2.05) is 37.3 Å². The Bertz CT molecular complexity index is 707. The standard InChI is InChI=1S/C16H14ClN3O/c1-11-3-2-4-14(7-11)19-10-16(21)20-15-8-13(17)6-5-12(15)9-18/h2-8,19H,10H2,1H3,(H,20,21). The minimum Gasteiger partial charge on any atom is -0.376 e. The van der Waals surface area contributed by atoms with Crippen molar-refractivity contribution >= 4 is 28.9 Å². The van der Waals surface area contributed by atoms with Crippen LogP contribution in [0.2, 0.25) is 5.02 Å². The Labute approximate surface area is 128 Å². The minimum absolute atomic E-state index is 0.112. The van der Waals surface area contributed by atoms with Crippen molar-refractivity contribution < 1.29 is 4.79 Å². The van der Waals surface area contributed by atoms with E-state index in [1.165, 1.54) is 0 Å². The second kappa shape index (κ2) is 6.78. The number of hydrogen-bond donors (Lipinski definition) is 2. The van der Waals surface area contributed by atoms with Gasteiger partial charge in [0.1, 0.15) is 6.07 Å². The lowest BCUT2D eigenvalue weighted by molar-refractivity contribution is -0.114. The molecule has 2 N–H and O–H groups in total. The maximum absolute atomic E-state index is 11.9. The van der Waals surface area contributed by atoms with Gasteiger partial charge in [-0.3, -0.25) is 4.79 Å². The number of nitrogens with zero attached hydrogens (tertiary/aromatic N) is 1. The summed E-state index contributed by atoms with van der Waals surface area (Å²) in [5.74, 6) is -0.240. The van der Waals surface area contributed by atoms with Crippen LogP contribution in [-0.2, 0) is 4.79 Å². The summed E-state index contributed by atoms with van der Waals surface area (Å²) in [6.45, 7) is 2.09. The van der Waals surface area contributed by atoms with Crippen LogP contribution in [0.3, 0.4) is 0 Å². The summed E-state index contributed by atoms with van der Waals surface area (Å²) in [5.41, 5.74) is 2.78. The first-order chi connectivity index (χ1) is 10.1. The number of rotatable bonds is 4. The van der Waals surface area contributed by atoms with E-state index in [9.17, 15) is 4.79 Å². The average molecular weight is 300 g/mol.